The van der Waals surface area contributed by atoms with Gasteiger partial charge in [-0.15, -0.1) is 0 Å². The maximum Gasteiger partial charge on any atom is 0.326 e. The SMILES string of the molecule is C[n+]1cn(-c2ncccn2)c2ccccc21. The fourth-order valence-electron chi connectivity index (χ4n) is 1.84. The molecule has 2 aromatic heterocycles. The molecule has 4 nitrogen and oxygen atoms in total. The first kappa shape index (κ1) is 9.03. The van der Waals surface area contributed by atoms with Crippen molar-refractivity contribution >= 4 is 11.0 Å². The first-order valence-corrected chi connectivity index (χ1v) is 5.09. The predicted molar refractivity (Wildman–Crippen MR) is 60.0 cm³/mol. The van der Waals surface area contributed by atoms with E-state index < -0.39 is 0 Å². The normalized spacial score (nSPS) is 10.8. The van der Waals surface area contributed by atoms with Gasteiger partial charge in [-0.3, -0.25) is 0 Å². The lowest BCUT2D eigenvalue weighted by Gasteiger charge is -1.92. The Morgan fingerprint density at radius 2 is 1.81 bits per heavy atom. The largest absolute Gasteiger partial charge is 0.326 e. The van der Waals surface area contributed by atoms with Crippen molar-refractivity contribution in [2.75, 3.05) is 0 Å². The third-order valence-electron chi connectivity index (χ3n) is 2.58. The third-order valence-corrected chi connectivity index (χ3v) is 2.58. The minimum Gasteiger partial charge on any atom is -0.232 e. The number of fused-ring (bicyclic) bond motifs is 1. The molecule has 0 aliphatic rings. The minimum atomic E-state index is 0.694. The molecule has 2 heterocycles. The molecule has 0 radical (unpaired) electrons. The van der Waals surface area contributed by atoms with Gasteiger partial charge in [0.15, 0.2) is 11.0 Å². The van der Waals surface area contributed by atoms with Crippen LogP contribution >= 0.6 is 0 Å². The maximum atomic E-state index is 4.25. The molecular formula is C12H11N4+. The van der Waals surface area contributed by atoms with E-state index >= 15 is 0 Å². The van der Waals surface area contributed by atoms with Crippen molar-refractivity contribution in [2.45, 2.75) is 0 Å². The number of aryl methyl sites for hydroxylation is 1. The fourth-order valence-corrected chi connectivity index (χ4v) is 1.84. The Morgan fingerprint density at radius 1 is 1.06 bits per heavy atom. The third kappa shape index (κ3) is 1.27. The molecule has 0 aliphatic heterocycles. The highest BCUT2D eigenvalue weighted by Gasteiger charge is 2.15. The zero-order chi connectivity index (χ0) is 11.0. The summed E-state index contributed by atoms with van der Waals surface area (Å²) in [6.45, 7) is 0. The first-order valence-electron chi connectivity index (χ1n) is 5.09. The van der Waals surface area contributed by atoms with E-state index in [9.17, 15) is 0 Å². The van der Waals surface area contributed by atoms with Gasteiger partial charge in [0, 0.05) is 12.4 Å². The Balaban J connectivity index is 2.33. The molecule has 0 unspecified atom stereocenters. The second kappa shape index (κ2) is 3.41. The lowest BCUT2D eigenvalue weighted by atomic mass is 10.3. The van der Waals surface area contributed by atoms with E-state index in [1.54, 1.807) is 12.4 Å². The minimum absolute atomic E-state index is 0.694. The molecule has 78 valence electrons. The second-order valence-corrected chi connectivity index (χ2v) is 3.63. The quantitative estimate of drug-likeness (QED) is 0.568. The van der Waals surface area contributed by atoms with Gasteiger partial charge in [0.25, 0.3) is 6.33 Å². The van der Waals surface area contributed by atoms with Crippen LogP contribution < -0.4 is 4.57 Å². The van der Waals surface area contributed by atoms with Crippen LogP contribution in [0.1, 0.15) is 0 Å². The van der Waals surface area contributed by atoms with Gasteiger partial charge in [0.05, 0.1) is 7.05 Å². The van der Waals surface area contributed by atoms with Crippen molar-refractivity contribution in [3.8, 4) is 5.95 Å². The van der Waals surface area contributed by atoms with Crippen LogP contribution in [0, 0.1) is 0 Å². The molecule has 0 aliphatic carbocycles. The van der Waals surface area contributed by atoms with E-state index in [0.717, 1.165) is 11.0 Å². The number of rotatable bonds is 1. The molecule has 3 rings (SSSR count). The van der Waals surface area contributed by atoms with Gasteiger partial charge in [-0.05, 0) is 18.2 Å². The van der Waals surface area contributed by atoms with Crippen LogP contribution in [0.4, 0.5) is 0 Å². The molecule has 0 spiro atoms. The summed E-state index contributed by atoms with van der Waals surface area (Å²) < 4.78 is 4.04. The van der Waals surface area contributed by atoms with Gasteiger partial charge >= 0.3 is 5.95 Å². The Morgan fingerprint density at radius 3 is 2.62 bits per heavy atom. The molecule has 0 bridgehead atoms. The summed E-state index contributed by atoms with van der Waals surface area (Å²) in [6, 6.07) is 10.00. The Labute approximate surface area is 92.8 Å². The Hall–Kier alpha value is -2.23. The average molecular weight is 211 g/mol. The van der Waals surface area contributed by atoms with E-state index in [2.05, 4.69) is 26.7 Å². The van der Waals surface area contributed by atoms with Crippen LogP contribution in [0.5, 0.6) is 0 Å². The van der Waals surface area contributed by atoms with E-state index in [-0.39, 0.29) is 0 Å². The number of imidazole rings is 1. The lowest BCUT2D eigenvalue weighted by molar-refractivity contribution is -0.645. The smallest absolute Gasteiger partial charge is 0.232 e. The molecular weight excluding hydrogens is 200 g/mol. The number of hydrogen-bond donors (Lipinski definition) is 0. The lowest BCUT2D eigenvalue weighted by Crippen LogP contribution is -2.25. The molecule has 3 aromatic rings. The molecule has 0 N–H and O–H groups in total. The van der Waals surface area contributed by atoms with E-state index in [4.69, 9.17) is 0 Å². The molecule has 0 saturated carbocycles. The summed E-state index contributed by atoms with van der Waals surface area (Å²) >= 11 is 0. The van der Waals surface area contributed by atoms with Crippen LogP contribution in [0.15, 0.2) is 49.1 Å². The van der Waals surface area contributed by atoms with E-state index in [1.165, 1.54) is 0 Å². The Kier molecular flexibility index (Phi) is 1.93. The summed E-state index contributed by atoms with van der Waals surface area (Å²) in [7, 11) is 2.02. The summed E-state index contributed by atoms with van der Waals surface area (Å²) in [5, 5.41) is 0. The number of nitrogens with zero attached hydrogens (tertiary/aromatic N) is 4. The number of aromatic nitrogens is 4. The van der Waals surface area contributed by atoms with Crippen LogP contribution in [0.2, 0.25) is 0 Å². The zero-order valence-electron chi connectivity index (χ0n) is 8.91. The summed E-state index contributed by atoms with van der Waals surface area (Å²) in [6.07, 6.45) is 5.48. The van der Waals surface area contributed by atoms with E-state index in [1.807, 2.05) is 36.1 Å². The molecule has 0 amide bonds. The Bertz CT molecular complexity index is 628. The highest BCUT2D eigenvalue weighted by Crippen LogP contribution is 2.12. The molecule has 0 atom stereocenters. The van der Waals surface area contributed by atoms with Crippen LogP contribution in [0.3, 0.4) is 0 Å². The van der Waals surface area contributed by atoms with Crippen molar-refractivity contribution in [2.24, 2.45) is 7.05 Å². The number of para-hydroxylation sites is 2. The topological polar surface area (TPSA) is 34.6 Å². The highest BCUT2D eigenvalue weighted by molar-refractivity contribution is 5.73. The van der Waals surface area contributed by atoms with Crippen molar-refractivity contribution in [1.82, 2.24) is 14.5 Å². The van der Waals surface area contributed by atoms with Crippen LogP contribution in [-0.4, -0.2) is 14.5 Å². The van der Waals surface area contributed by atoms with Crippen LogP contribution in [0.25, 0.3) is 17.0 Å². The molecule has 0 saturated heterocycles. The first-order chi connectivity index (χ1) is 7.86. The van der Waals surface area contributed by atoms with E-state index in [0.29, 0.717) is 5.95 Å². The average Bonchev–Trinajstić information content (AvgIpc) is 2.69. The zero-order valence-corrected chi connectivity index (χ0v) is 8.91. The fraction of sp³-hybridized carbons (Fsp3) is 0.0833. The molecule has 4 heteroatoms. The van der Waals surface area contributed by atoms with Crippen molar-refractivity contribution in [1.29, 1.82) is 0 Å². The monoisotopic (exact) mass is 211 g/mol. The van der Waals surface area contributed by atoms with Crippen molar-refractivity contribution in [3.63, 3.8) is 0 Å². The second-order valence-electron chi connectivity index (χ2n) is 3.63. The molecule has 16 heavy (non-hydrogen) atoms. The predicted octanol–water partition coefficient (Wildman–Crippen LogP) is 1.24. The molecule has 0 fully saturated rings. The standard InChI is InChI=1S/C12H11N4/c1-15-9-16(12-13-7-4-8-14-12)11-6-3-2-5-10(11)15/h2-9H,1H3/q+1. The van der Waals surface area contributed by atoms with Crippen molar-refractivity contribution < 1.29 is 4.57 Å². The van der Waals surface area contributed by atoms with Gasteiger partial charge in [-0.2, -0.15) is 14.5 Å². The maximum absolute atomic E-state index is 4.25. The van der Waals surface area contributed by atoms with Gasteiger partial charge in [-0.25, -0.2) is 4.57 Å². The van der Waals surface area contributed by atoms with Gasteiger partial charge < -0.3 is 0 Å². The van der Waals surface area contributed by atoms with Gasteiger partial charge in [0.1, 0.15) is 0 Å². The van der Waals surface area contributed by atoms with Crippen molar-refractivity contribution in [3.05, 3.63) is 49.1 Å². The van der Waals surface area contributed by atoms with Gasteiger partial charge in [0.2, 0.25) is 0 Å². The number of hydrogen-bond acceptors (Lipinski definition) is 2. The molecule has 1 aromatic carbocycles. The highest BCUT2D eigenvalue weighted by atomic mass is 15.2. The number of benzene rings is 1. The van der Waals surface area contributed by atoms with Crippen LogP contribution in [-0.2, 0) is 7.05 Å². The summed E-state index contributed by atoms with van der Waals surface area (Å²) in [5.74, 6) is 0.694. The summed E-state index contributed by atoms with van der Waals surface area (Å²) in [4.78, 5) is 8.50. The summed E-state index contributed by atoms with van der Waals surface area (Å²) in [5.41, 5.74) is 2.27. The van der Waals surface area contributed by atoms with Gasteiger partial charge in [-0.1, -0.05) is 12.1 Å².